The highest BCUT2D eigenvalue weighted by Crippen LogP contribution is 1.91. The molecule has 86 valence electrons. The normalized spacial score (nSPS) is 8.13. The van der Waals surface area contributed by atoms with Crippen LogP contribution in [0.3, 0.4) is 0 Å². The van der Waals surface area contributed by atoms with Crippen LogP contribution in [0.2, 0.25) is 0 Å². The van der Waals surface area contributed by atoms with Crippen molar-refractivity contribution < 1.29 is 19.4 Å². The molecule has 0 saturated heterocycles. The minimum Gasteiger partial charge on any atom is -0.477 e. The van der Waals surface area contributed by atoms with Crippen molar-refractivity contribution >= 4 is 24.6 Å². The Morgan fingerprint density at radius 3 is 2.27 bits per heavy atom. The third-order valence-corrected chi connectivity index (χ3v) is 1.35. The molecular formula is C10H16O4S. The van der Waals surface area contributed by atoms with Gasteiger partial charge in [-0.1, -0.05) is 26.5 Å². The highest BCUT2D eigenvalue weighted by molar-refractivity contribution is 7.85. The Bertz CT molecular complexity index is 224. The van der Waals surface area contributed by atoms with Crippen molar-refractivity contribution in [3.63, 3.8) is 0 Å². The van der Waals surface area contributed by atoms with Gasteiger partial charge in [0.25, 0.3) is 0 Å². The second-order valence-corrected chi connectivity index (χ2v) is 3.02. The van der Waals surface area contributed by atoms with E-state index in [1.807, 2.05) is 6.92 Å². The van der Waals surface area contributed by atoms with Crippen LogP contribution in [-0.2, 0) is 14.3 Å². The molecule has 0 aliphatic rings. The zero-order chi connectivity index (χ0) is 12.3. The lowest BCUT2D eigenvalue weighted by Gasteiger charge is -1.97. The molecule has 0 atom stereocenters. The monoisotopic (exact) mass is 232 g/mol. The minimum atomic E-state index is -1.07. The maximum Gasteiger partial charge on any atom is 0.341 e. The van der Waals surface area contributed by atoms with Crippen LogP contribution < -0.4 is 0 Å². The molecular weight excluding hydrogens is 216 g/mol. The van der Waals surface area contributed by atoms with Gasteiger partial charge in [0.15, 0.2) is 0 Å². The van der Waals surface area contributed by atoms with Crippen LogP contribution in [0, 0.1) is 0 Å². The summed E-state index contributed by atoms with van der Waals surface area (Å²) >= 11 is 3.40. The summed E-state index contributed by atoms with van der Waals surface area (Å²) in [5.74, 6) is -1.40. The number of carbonyl (C=O) groups excluding carboxylic acids is 1. The molecule has 0 spiro atoms. The average molecular weight is 232 g/mol. The number of ether oxygens (including phenoxy) is 1. The first kappa shape index (κ1) is 16.2. The van der Waals surface area contributed by atoms with Crippen molar-refractivity contribution in [2.45, 2.75) is 19.8 Å². The number of esters is 1. The van der Waals surface area contributed by atoms with Gasteiger partial charge in [-0.2, -0.15) is 0 Å². The Morgan fingerprint density at radius 1 is 1.53 bits per heavy atom. The van der Waals surface area contributed by atoms with Gasteiger partial charge in [0.1, 0.15) is 0 Å². The van der Waals surface area contributed by atoms with E-state index in [1.54, 1.807) is 0 Å². The lowest BCUT2D eigenvalue weighted by Crippen LogP contribution is -2.00. The Balaban J connectivity index is 0. The van der Waals surface area contributed by atoms with Gasteiger partial charge in [0.2, 0.25) is 0 Å². The van der Waals surface area contributed by atoms with E-state index in [1.165, 1.54) is 6.08 Å². The Kier molecular flexibility index (Phi) is 11.7. The summed E-state index contributed by atoms with van der Waals surface area (Å²) in [5.41, 5.74) is 0. The number of carboxylic acids is 1. The first-order valence-corrected chi connectivity index (χ1v) is 4.80. The van der Waals surface area contributed by atoms with E-state index in [-0.39, 0.29) is 10.9 Å². The van der Waals surface area contributed by atoms with E-state index in [2.05, 4.69) is 30.5 Å². The highest BCUT2D eigenvalue weighted by Gasteiger charge is 1.92. The number of carboxylic acid groups (broad SMARTS) is 1. The van der Waals surface area contributed by atoms with E-state index in [4.69, 9.17) is 5.11 Å². The summed E-state index contributed by atoms with van der Waals surface area (Å²) in [4.78, 5) is 19.7. The Labute approximate surface area is 95.0 Å². The zero-order valence-electron chi connectivity index (χ0n) is 8.73. The third-order valence-electron chi connectivity index (χ3n) is 1.16. The minimum absolute atomic E-state index is 0.130. The van der Waals surface area contributed by atoms with Gasteiger partial charge in [-0.05, 0) is 6.42 Å². The summed E-state index contributed by atoms with van der Waals surface area (Å²) in [6, 6.07) is 0. The van der Waals surface area contributed by atoms with Crippen molar-refractivity contribution in [1.82, 2.24) is 0 Å². The molecule has 0 bridgehead atoms. The van der Waals surface area contributed by atoms with Gasteiger partial charge < -0.3 is 9.84 Å². The van der Waals surface area contributed by atoms with Crippen molar-refractivity contribution in [3.8, 4) is 0 Å². The number of hydrogen-bond acceptors (Lipinski definition) is 4. The van der Waals surface area contributed by atoms with Crippen LogP contribution >= 0.6 is 12.6 Å². The Hall–Kier alpha value is -1.23. The molecule has 0 aliphatic heterocycles. The predicted molar refractivity (Wildman–Crippen MR) is 61.8 cm³/mol. The van der Waals surface area contributed by atoms with Gasteiger partial charge in [0, 0.05) is 6.08 Å². The van der Waals surface area contributed by atoms with Crippen molar-refractivity contribution in [1.29, 1.82) is 0 Å². The number of aliphatic carboxylic acids is 1. The number of rotatable bonds is 5. The van der Waals surface area contributed by atoms with E-state index < -0.39 is 5.97 Å². The second kappa shape index (κ2) is 10.8. The van der Waals surface area contributed by atoms with E-state index in [9.17, 15) is 9.59 Å². The molecule has 0 aromatic carbocycles. The van der Waals surface area contributed by atoms with Crippen LogP contribution in [0.25, 0.3) is 0 Å². The standard InChI is InChI=1S/C7H12O2.C3H4O2S/c1-3-5-6-9-7(8)4-2;1-2(6)3(4)5/h4H,2-3,5-6H2,1H3;6H,1H2,(H,4,5). The van der Waals surface area contributed by atoms with Crippen molar-refractivity contribution in [2.75, 3.05) is 6.61 Å². The maximum absolute atomic E-state index is 10.3. The smallest absolute Gasteiger partial charge is 0.341 e. The Morgan fingerprint density at radius 2 is 2.00 bits per heavy atom. The molecule has 0 saturated carbocycles. The quantitative estimate of drug-likeness (QED) is 0.329. The third kappa shape index (κ3) is 15.5. The fourth-order valence-electron chi connectivity index (χ4n) is 0.376. The van der Waals surface area contributed by atoms with Gasteiger partial charge in [0.05, 0.1) is 11.5 Å². The molecule has 0 fully saturated rings. The molecule has 1 N–H and O–H groups in total. The van der Waals surface area contributed by atoms with Crippen LogP contribution in [-0.4, -0.2) is 23.7 Å². The first-order valence-electron chi connectivity index (χ1n) is 4.36. The van der Waals surface area contributed by atoms with Crippen molar-refractivity contribution in [3.05, 3.63) is 24.1 Å². The molecule has 0 aromatic heterocycles. The summed E-state index contributed by atoms with van der Waals surface area (Å²) in [7, 11) is 0. The zero-order valence-corrected chi connectivity index (χ0v) is 9.63. The summed E-state index contributed by atoms with van der Waals surface area (Å²) in [6.45, 7) is 8.84. The van der Waals surface area contributed by atoms with E-state index in [0.29, 0.717) is 6.61 Å². The number of carbonyl (C=O) groups is 2. The topological polar surface area (TPSA) is 63.6 Å². The lowest BCUT2D eigenvalue weighted by atomic mass is 10.4. The van der Waals surface area contributed by atoms with Crippen LogP contribution in [0.15, 0.2) is 24.1 Å². The van der Waals surface area contributed by atoms with Gasteiger partial charge in [-0.25, -0.2) is 9.59 Å². The van der Waals surface area contributed by atoms with Crippen LogP contribution in [0.5, 0.6) is 0 Å². The molecule has 0 aromatic rings. The van der Waals surface area contributed by atoms with Gasteiger partial charge in [-0.15, -0.1) is 12.6 Å². The second-order valence-electron chi connectivity index (χ2n) is 2.48. The van der Waals surface area contributed by atoms with Gasteiger partial charge in [-0.3, -0.25) is 0 Å². The number of thiol groups is 1. The fraction of sp³-hybridized carbons (Fsp3) is 0.400. The molecule has 0 heterocycles. The molecule has 0 aliphatic carbocycles. The lowest BCUT2D eigenvalue weighted by molar-refractivity contribution is -0.137. The molecule has 0 amide bonds. The molecule has 0 rings (SSSR count). The first-order chi connectivity index (χ1) is 6.95. The predicted octanol–water partition coefficient (Wildman–Crippen LogP) is 2.03. The molecule has 15 heavy (non-hydrogen) atoms. The van der Waals surface area contributed by atoms with Crippen LogP contribution in [0.1, 0.15) is 19.8 Å². The van der Waals surface area contributed by atoms with E-state index >= 15 is 0 Å². The summed E-state index contributed by atoms with van der Waals surface area (Å²) in [6.07, 6.45) is 3.15. The number of hydrogen-bond donors (Lipinski definition) is 2. The van der Waals surface area contributed by atoms with Gasteiger partial charge >= 0.3 is 11.9 Å². The SMILES string of the molecule is C=C(S)C(=O)O.C=CC(=O)OCCCC. The molecule has 0 unspecified atom stereocenters. The fourth-order valence-corrected chi connectivity index (χ4v) is 0.376. The van der Waals surface area contributed by atoms with Crippen molar-refractivity contribution in [2.24, 2.45) is 0 Å². The maximum atomic E-state index is 10.3. The van der Waals surface area contributed by atoms with Crippen LogP contribution in [0.4, 0.5) is 0 Å². The van der Waals surface area contributed by atoms with E-state index in [0.717, 1.165) is 12.8 Å². The molecule has 4 nitrogen and oxygen atoms in total. The summed E-state index contributed by atoms with van der Waals surface area (Å²) in [5, 5.41) is 7.81. The number of unbranched alkanes of at least 4 members (excludes halogenated alkanes) is 1. The molecule has 0 radical (unpaired) electrons. The highest BCUT2D eigenvalue weighted by atomic mass is 32.1. The molecule has 5 heteroatoms. The largest absolute Gasteiger partial charge is 0.477 e. The average Bonchev–Trinajstić information content (AvgIpc) is 2.18. The summed E-state index contributed by atoms with van der Waals surface area (Å²) < 4.78 is 4.67.